The first-order chi connectivity index (χ1) is 15.9. The van der Waals surface area contributed by atoms with Crippen LogP contribution in [0.4, 0.5) is 5.69 Å². The fourth-order valence-corrected chi connectivity index (χ4v) is 3.51. The highest BCUT2D eigenvalue weighted by Crippen LogP contribution is 2.25. The summed E-state index contributed by atoms with van der Waals surface area (Å²) in [7, 11) is 0. The molecule has 0 radical (unpaired) electrons. The Kier molecular flexibility index (Phi) is 7.65. The number of halogens is 1. The molecule has 0 atom stereocenters. The normalized spacial score (nSPS) is 10.8. The minimum absolute atomic E-state index is 0.0642. The van der Waals surface area contributed by atoms with E-state index in [0.717, 1.165) is 5.56 Å². The van der Waals surface area contributed by atoms with E-state index in [4.69, 9.17) is 16.3 Å². The van der Waals surface area contributed by atoms with Crippen LogP contribution in [0.25, 0.3) is 0 Å². The van der Waals surface area contributed by atoms with Gasteiger partial charge in [-0.15, -0.1) is 0 Å². The van der Waals surface area contributed by atoms with Crippen molar-refractivity contribution >= 4 is 29.5 Å². The lowest BCUT2D eigenvalue weighted by Gasteiger charge is -2.14. The summed E-state index contributed by atoms with van der Waals surface area (Å²) in [6, 6.07) is 16.0. The van der Waals surface area contributed by atoms with Crippen molar-refractivity contribution in [2.24, 2.45) is 4.99 Å². The summed E-state index contributed by atoms with van der Waals surface area (Å²) < 4.78 is 6.17. The summed E-state index contributed by atoms with van der Waals surface area (Å²) in [6.45, 7) is 3.67. The summed E-state index contributed by atoms with van der Waals surface area (Å²) in [4.78, 5) is 29.2. The molecule has 7 nitrogen and oxygen atoms in total. The zero-order chi connectivity index (χ0) is 24.0. The van der Waals surface area contributed by atoms with Crippen LogP contribution in [0.2, 0.25) is 5.02 Å². The van der Waals surface area contributed by atoms with Gasteiger partial charge in [0.05, 0.1) is 28.4 Å². The van der Waals surface area contributed by atoms with Gasteiger partial charge in [-0.05, 0) is 49.6 Å². The van der Waals surface area contributed by atoms with Crippen LogP contribution in [-0.4, -0.2) is 28.5 Å². The Morgan fingerprint density at radius 2 is 2.00 bits per heavy atom. The van der Waals surface area contributed by atoms with Crippen LogP contribution in [0, 0.1) is 18.3 Å². The minimum atomic E-state index is -0.570. The molecule has 0 saturated carbocycles. The molecule has 3 rings (SSSR count). The van der Waals surface area contributed by atoms with Crippen molar-refractivity contribution in [3.63, 3.8) is 0 Å². The summed E-state index contributed by atoms with van der Waals surface area (Å²) >= 11 is 6.09. The molecule has 0 aliphatic carbocycles. The van der Waals surface area contributed by atoms with E-state index in [0.29, 0.717) is 17.7 Å². The van der Waals surface area contributed by atoms with Crippen molar-refractivity contribution in [1.29, 1.82) is 5.26 Å². The number of aryl methyl sites for hydroxylation is 1. The van der Waals surface area contributed by atoms with Gasteiger partial charge in [-0.2, -0.15) is 5.26 Å². The molecule has 0 aliphatic rings. The van der Waals surface area contributed by atoms with Gasteiger partial charge in [0.2, 0.25) is 5.88 Å². The number of esters is 1. The second kappa shape index (κ2) is 10.6. The molecule has 33 heavy (non-hydrogen) atoms. The zero-order valence-corrected chi connectivity index (χ0v) is 19.0. The van der Waals surface area contributed by atoms with Gasteiger partial charge in [0, 0.05) is 12.8 Å². The Morgan fingerprint density at radius 1 is 1.27 bits per heavy atom. The van der Waals surface area contributed by atoms with Crippen LogP contribution in [-0.2, 0) is 17.7 Å². The van der Waals surface area contributed by atoms with E-state index >= 15 is 0 Å². The van der Waals surface area contributed by atoms with Gasteiger partial charge in [0.25, 0.3) is 5.56 Å². The minimum Gasteiger partial charge on any atom is -0.494 e. The average molecular weight is 464 g/mol. The zero-order valence-electron chi connectivity index (χ0n) is 18.2. The third-order valence-corrected chi connectivity index (χ3v) is 5.43. The molecular weight excluding hydrogens is 442 g/mol. The van der Waals surface area contributed by atoms with E-state index < -0.39 is 11.5 Å². The first-order valence-electron chi connectivity index (χ1n) is 10.3. The number of carbonyl (C=O) groups is 1. The number of carbonyl (C=O) groups excluding carboxylic acids is 1. The largest absolute Gasteiger partial charge is 0.494 e. The van der Waals surface area contributed by atoms with Crippen LogP contribution in [0.5, 0.6) is 5.88 Å². The van der Waals surface area contributed by atoms with Crippen molar-refractivity contribution in [2.45, 2.75) is 26.8 Å². The van der Waals surface area contributed by atoms with E-state index in [1.54, 1.807) is 19.9 Å². The number of aliphatic imine (C=N–C) groups is 1. The summed E-state index contributed by atoms with van der Waals surface area (Å²) in [5.41, 5.74) is 1.49. The number of hydrogen-bond acceptors (Lipinski definition) is 6. The molecule has 3 aromatic rings. The van der Waals surface area contributed by atoms with Gasteiger partial charge in [-0.3, -0.25) is 14.4 Å². The fraction of sp³-hybridized carbons (Fsp3) is 0.200. The summed E-state index contributed by atoms with van der Waals surface area (Å²) in [5, 5.41) is 20.6. The number of aromatic hydroxyl groups is 1. The number of pyridine rings is 1. The van der Waals surface area contributed by atoms with Gasteiger partial charge >= 0.3 is 5.97 Å². The van der Waals surface area contributed by atoms with Crippen molar-refractivity contribution in [3.05, 3.63) is 91.7 Å². The van der Waals surface area contributed by atoms with E-state index in [-0.39, 0.29) is 40.7 Å². The lowest BCUT2D eigenvalue weighted by Crippen LogP contribution is -2.26. The monoisotopic (exact) mass is 463 g/mol. The Labute approximate surface area is 196 Å². The van der Waals surface area contributed by atoms with E-state index in [1.165, 1.54) is 22.9 Å². The van der Waals surface area contributed by atoms with Gasteiger partial charge in [-0.25, -0.2) is 4.79 Å². The molecule has 0 aliphatic heterocycles. The molecule has 168 valence electrons. The van der Waals surface area contributed by atoms with Crippen LogP contribution in [0.15, 0.2) is 58.3 Å². The molecular formula is C25H22ClN3O4. The predicted octanol–water partition coefficient (Wildman–Crippen LogP) is 4.56. The molecule has 0 spiro atoms. The highest BCUT2D eigenvalue weighted by atomic mass is 35.5. The van der Waals surface area contributed by atoms with Crippen LogP contribution in [0.3, 0.4) is 0 Å². The predicted molar refractivity (Wildman–Crippen MR) is 127 cm³/mol. The van der Waals surface area contributed by atoms with Crippen LogP contribution >= 0.6 is 11.6 Å². The first kappa shape index (κ1) is 23.8. The number of ether oxygens (including phenoxy) is 1. The topological polar surface area (TPSA) is 105 Å². The average Bonchev–Trinajstić information content (AvgIpc) is 2.81. The Hall–Kier alpha value is -3.89. The van der Waals surface area contributed by atoms with Gasteiger partial charge in [0.15, 0.2) is 0 Å². The van der Waals surface area contributed by atoms with Crippen molar-refractivity contribution in [1.82, 2.24) is 4.57 Å². The van der Waals surface area contributed by atoms with Crippen molar-refractivity contribution < 1.29 is 14.6 Å². The number of rotatable bonds is 7. The van der Waals surface area contributed by atoms with Crippen LogP contribution < -0.4 is 5.56 Å². The second-order valence-electron chi connectivity index (χ2n) is 7.18. The van der Waals surface area contributed by atoms with Gasteiger partial charge in [-0.1, -0.05) is 41.9 Å². The molecule has 0 saturated heterocycles. The fourth-order valence-electron chi connectivity index (χ4n) is 3.32. The standard InChI is InChI=1S/C25H22ClN3O4/c1-3-33-25(32)19-13-18(9-10-22(19)26)28-15-21-16(2)20(14-27)23(30)29(24(21)31)12-11-17-7-5-4-6-8-17/h4-10,13,15,31H,3,11-12H2,1-2H3. The second-order valence-corrected chi connectivity index (χ2v) is 7.59. The number of hydrogen-bond donors (Lipinski definition) is 1. The number of aromatic nitrogens is 1. The molecule has 2 aromatic carbocycles. The SMILES string of the molecule is CCOC(=O)c1cc(N=Cc2c(C)c(C#N)c(=O)n(CCc3ccccc3)c2O)ccc1Cl. The molecule has 0 bridgehead atoms. The highest BCUT2D eigenvalue weighted by molar-refractivity contribution is 6.33. The maximum absolute atomic E-state index is 12.8. The maximum atomic E-state index is 12.8. The lowest BCUT2D eigenvalue weighted by atomic mass is 10.1. The maximum Gasteiger partial charge on any atom is 0.339 e. The smallest absolute Gasteiger partial charge is 0.339 e. The first-order valence-corrected chi connectivity index (χ1v) is 10.7. The number of nitrogens with zero attached hydrogens (tertiary/aromatic N) is 3. The van der Waals surface area contributed by atoms with Crippen molar-refractivity contribution in [2.75, 3.05) is 6.61 Å². The third-order valence-electron chi connectivity index (χ3n) is 5.10. The van der Waals surface area contributed by atoms with Gasteiger partial charge < -0.3 is 9.84 Å². The molecule has 1 N–H and O–H groups in total. The Morgan fingerprint density at radius 3 is 2.67 bits per heavy atom. The highest BCUT2D eigenvalue weighted by Gasteiger charge is 2.18. The molecule has 0 fully saturated rings. The van der Waals surface area contributed by atoms with E-state index in [2.05, 4.69) is 4.99 Å². The molecule has 0 amide bonds. The van der Waals surface area contributed by atoms with E-state index in [1.807, 2.05) is 36.4 Å². The molecule has 1 heterocycles. The quantitative estimate of drug-likeness (QED) is 0.408. The van der Waals surface area contributed by atoms with Gasteiger partial charge in [0.1, 0.15) is 11.6 Å². The summed E-state index contributed by atoms with van der Waals surface area (Å²) in [6.07, 6.45) is 1.86. The van der Waals surface area contributed by atoms with Crippen LogP contribution in [0.1, 0.15) is 39.5 Å². The van der Waals surface area contributed by atoms with Crippen molar-refractivity contribution in [3.8, 4) is 11.9 Å². The number of nitriles is 1. The lowest BCUT2D eigenvalue weighted by molar-refractivity contribution is 0.0526. The Balaban J connectivity index is 2.00. The third kappa shape index (κ3) is 5.30. The molecule has 8 heteroatoms. The van der Waals surface area contributed by atoms with E-state index in [9.17, 15) is 20.0 Å². The molecule has 0 unspecified atom stereocenters. The summed E-state index contributed by atoms with van der Waals surface area (Å²) in [5.74, 6) is -0.851. The number of benzene rings is 2. The Bertz CT molecular complexity index is 1310. The molecule has 1 aromatic heterocycles.